The summed E-state index contributed by atoms with van der Waals surface area (Å²) in [6.07, 6.45) is 0. The molecule has 0 aromatic heterocycles. The number of urea groups is 1. The van der Waals surface area contributed by atoms with Crippen molar-refractivity contribution in [3.63, 3.8) is 0 Å². The number of esters is 1. The Hall–Kier alpha value is -3.28. The molecule has 0 saturated carbocycles. The highest BCUT2D eigenvalue weighted by Gasteiger charge is 2.27. The van der Waals surface area contributed by atoms with Gasteiger partial charge in [0.25, 0.3) is 5.91 Å². The maximum absolute atomic E-state index is 12.7. The Morgan fingerprint density at radius 3 is 2.44 bits per heavy atom. The molecule has 1 aliphatic heterocycles. The molecule has 2 aromatic rings. The molecule has 1 heterocycles. The zero-order valence-electron chi connectivity index (χ0n) is 17.2. The topological polar surface area (TPSA) is 131 Å². The minimum atomic E-state index is -3.78. The summed E-state index contributed by atoms with van der Waals surface area (Å²) in [6.45, 7) is 0.583. The minimum absolute atomic E-state index is 0.0272. The second kappa shape index (κ2) is 10.8. The molecule has 0 radical (unpaired) electrons. The average molecular weight is 461 g/mol. The van der Waals surface area contributed by atoms with Crippen molar-refractivity contribution in [3.8, 4) is 0 Å². The number of nitrogens with zero attached hydrogens (tertiary/aromatic N) is 1. The molecule has 3 amide bonds. The predicted octanol–water partition coefficient (Wildman–Crippen LogP) is 0.890. The zero-order chi connectivity index (χ0) is 23.0. The van der Waals surface area contributed by atoms with Crippen molar-refractivity contribution >= 4 is 27.9 Å². The van der Waals surface area contributed by atoms with E-state index in [4.69, 9.17) is 9.47 Å². The lowest BCUT2D eigenvalue weighted by Gasteiger charge is -2.26. The van der Waals surface area contributed by atoms with E-state index in [2.05, 4.69) is 10.6 Å². The van der Waals surface area contributed by atoms with Gasteiger partial charge in [-0.2, -0.15) is 4.31 Å². The Balaban J connectivity index is 1.50. The molecule has 0 spiro atoms. The highest BCUT2D eigenvalue weighted by Crippen LogP contribution is 2.18. The van der Waals surface area contributed by atoms with Gasteiger partial charge in [-0.3, -0.25) is 10.1 Å². The number of carbonyl (C=O) groups is 3. The predicted molar refractivity (Wildman–Crippen MR) is 113 cm³/mol. The molecule has 0 bridgehead atoms. The van der Waals surface area contributed by atoms with Crippen LogP contribution >= 0.6 is 0 Å². The largest absolute Gasteiger partial charge is 0.452 e. The van der Waals surface area contributed by atoms with E-state index < -0.39 is 34.5 Å². The Morgan fingerprint density at radius 2 is 1.72 bits per heavy atom. The summed E-state index contributed by atoms with van der Waals surface area (Å²) < 4.78 is 36.8. The maximum Gasteiger partial charge on any atom is 0.338 e. The van der Waals surface area contributed by atoms with Gasteiger partial charge in [0, 0.05) is 19.6 Å². The fourth-order valence-corrected chi connectivity index (χ4v) is 4.37. The molecule has 170 valence electrons. The molecular weight excluding hydrogens is 438 g/mol. The Labute approximate surface area is 185 Å². The van der Waals surface area contributed by atoms with Gasteiger partial charge in [0.1, 0.15) is 0 Å². The molecule has 11 heteroatoms. The summed E-state index contributed by atoms with van der Waals surface area (Å²) in [5.41, 5.74) is 0.828. The van der Waals surface area contributed by atoms with Gasteiger partial charge in [-0.1, -0.05) is 36.4 Å². The number of rotatable bonds is 7. The first kappa shape index (κ1) is 23.4. The number of amides is 3. The van der Waals surface area contributed by atoms with E-state index in [1.807, 2.05) is 30.3 Å². The number of hydrogen-bond donors (Lipinski definition) is 2. The molecular formula is C21H23N3O7S. The second-order valence-electron chi connectivity index (χ2n) is 6.84. The molecule has 0 aliphatic carbocycles. The highest BCUT2D eigenvalue weighted by molar-refractivity contribution is 7.89. The van der Waals surface area contributed by atoms with E-state index in [0.717, 1.165) is 5.56 Å². The summed E-state index contributed by atoms with van der Waals surface area (Å²) in [5.74, 6) is -1.70. The van der Waals surface area contributed by atoms with Gasteiger partial charge in [-0.05, 0) is 23.8 Å². The number of carbonyl (C=O) groups excluding carboxylic acids is 3. The highest BCUT2D eigenvalue weighted by atomic mass is 32.2. The number of sulfonamides is 1. The SMILES string of the molecule is O=C(COC(=O)c1cccc(S(=O)(=O)N2CCOCC2)c1)NC(=O)NCc1ccccc1. The van der Waals surface area contributed by atoms with E-state index >= 15 is 0 Å². The van der Waals surface area contributed by atoms with Gasteiger partial charge in [-0.25, -0.2) is 18.0 Å². The fourth-order valence-electron chi connectivity index (χ4n) is 2.92. The summed E-state index contributed by atoms with van der Waals surface area (Å²) in [6, 6.07) is 13.8. The first-order valence-electron chi connectivity index (χ1n) is 9.83. The summed E-state index contributed by atoms with van der Waals surface area (Å²) in [5, 5.41) is 4.57. The van der Waals surface area contributed by atoms with Gasteiger partial charge >= 0.3 is 12.0 Å². The maximum atomic E-state index is 12.7. The van der Waals surface area contributed by atoms with Crippen LogP contribution in [0.4, 0.5) is 4.79 Å². The quantitative estimate of drug-likeness (QED) is 0.586. The lowest BCUT2D eigenvalue weighted by atomic mass is 10.2. The Kier molecular flexibility index (Phi) is 7.92. The molecule has 3 rings (SSSR count). The fraction of sp³-hybridized carbons (Fsp3) is 0.286. The normalized spacial score (nSPS) is 14.4. The Bertz CT molecular complexity index is 1070. The van der Waals surface area contributed by atoms with Crippen molar-refractivity contribution in [2.75, 3.05) is 32.9 Å². The molecule has 0 unspecified atom stereocenters. The molecule has 1 fully saturated rings. The number of nitrogens with one attached hydrogen (secondary N) is 2. The smallest absolute Gasteiger partial charge is 0.338 e. The lowest BCUT2D eigenvalue weighted by Crippen LogP contribution is -2.41. The molecule has 2 aromatic carbocycles. The first-order valence-corrected chi connectivity index (χ1v) is 11.3. The summed E-state index contributed by atoms with van der Waals surface area (Å²) in [7, 11) is -3.78. The van der Waals surface area contributed by atoms with Crippen molar-refractivity contribution in [2.45, 2.75) is 11.4 Å². The molecule has 0 atom stereocenters. The lowest BCUT2D eigenvalue weighted by molar-refractivity contribution is -0.123. The average Bonchev–Trinajstić information content (AvgIpc) is 2.82. The number of ether oxygens (including phenoxy) is 2. The molecule has 1 saturated heterocycles. The van der Waals surface area contributed by atoms with Gasteiger partial charge in [0.2, 0.25) is 10.0 Å². The third-order valence-corrected chi connectivity index (χ3v) is 6.46. The van der Waals surface area contributed by atoms with Crippen molar-refractivity contribution in [1.82, 2.24) is 14.9 Å². The number of hydrogen-bond acceptors (Lipinski definition) is 7. The van der Waals surface area contributed by atoms with Crippen LogP contribution in [0.1, 0.15) is 15.9 Å². The van der Waals surface area contributed by atoms with Crippen LogP contribution in [-0.2, 0) is 30.8 Å². The van der Waals surface area contributed by atoms with E-state index in [1.54, 1.807) is 0 Å². The standard InChI is InChI=1S/C21H23N3O7S/c25-19(23-21(27)22-14-16-5-2-1-3-6-16)15-31-20(26)17-7-4-8-18(13-17)32(28,29)24-9-11-30-12-10-24/h1-8,13H,9-12,14-15H2,(H2,22,23,25,27). The van der Waals surface area contributed by atoms with Gasteiger partial charge < -0.3 is 14.8 Å². The number of benzene rings is 2. The van der Waals surface area contributed by atoms with Crippen LogP contribution in [0.25, 0.3) is 0 Å². The summed E-state index contributed by atoms with van der Waals surface area (Å²) >= 11 is 0. The van der Waals surface area contributed by atoms with Crippen LogP contribution in [0.5, 0.6) is 0 Å². The first-order chi connectivity index (χ1) is 15.4. The van der Waals surface area contributed by atoms with Crippen LogP contribution in [0.15, 0.2) is 59.5 Å². The van der Waals surface area contributed by atoms with Crippen molar-refractivity contribution in [2.24, 2.45) is 0 Å². The van der Waals surface area contributed by atoms with Crippen LogP contribution in [0.2, 0.25) is 0 Å². The van der Waals surface area contributed by atoms with Crippen molar-refractivity contribution < 1.29 is 32.3 Å². The minimum Gasteiger partial charge on any atom is -0.452 e. The van der Waals surface area contributed by atoms with Crippen molar-refractivity contribution in [3.05, 3.63) is 65.7 Å². The zero-order valence-corrected chi connectivity index (χ0v) is 18.0. The van der Waals surface area contributed by atoms with E-state index in [9.17, 15) is 22.8 Å². The van der Waals surface area contributed by atoms with E-state index in [0.29, 0.717) is 13.2 Å². The van der Waals surface area contributed by atoms with Crippen LogP contribution in [-0.4, -0.2) is 63.5 Å². The van der Waals surface area contributed by atoms with E-state index in [-0.39, 0.29) is 30.1 Å². The Morgan fingerprint density at radius 1 is 1.00 bits per heavy atom. The van der Waals surface area contributed by atoms with Gasteiger partial charge in [-0.15, -0.1) is 0 Å². The second-order valence-corrected chi connectivity index (χ2v) is 8.77. The number of morpholine rings is 1. The third-order valence-electron chi connectivity index (χ3n) is 4.56. The third kappa shape index (κ3) is 6.36. The monoisotopic (exact) mass is 461 g/mol. The van der Waals surface area contributed by atoms with Crippen LogP contribution in [0.3, 0.4) is 0 Å². The van der Waals surface area contributed by atoms with Gasteiger partial charge in [0.05, 0.1) is 23.7 Å². The molecule has 32 heavy (non-hydrogen) atoms. The molecule has 10 nitrogen and oxygen atoms in total. The van der Waals surface area contributed by atoms with Crippen LogP contribution < -0.4 is 10.6 Å². The molecule has 1 aliphatic rings. The van der Waals surface area contributed by atoms with Crippen LogP contribution in [0, 0.1) is 0 Å². The van der Waals surface area contributed by atoms with Crippen molar-refractivity contribution in [1.29, 1.82) is 0 Å². The van der Waals surface area contributed by atoms with Gasteiger partial charge in [0.15, 0.2) is 6.61 Å². The number of imide groups is 1. The summed E-state index contributed by atoms with van der Waals surface area (Å²) in [4.78, 5) is 35.9. The van der Waals surface area contributed by atoms with E-state index in [1.165, 1.54) is 28.6 Å². The molecule has 2 N–H and O–H groups in total.